The number of amides is 1. The largest absolute Gasteiger partial charge is 0.508 e. The molecule has 0 unspecified atom stereocenters. The molecule has 6 nitrogen and oxygen atoms in total. The van der Waals surface area contributed by atoms with E-state index in [-0.39, 0.29) is 23.6 Å². The van der Waals surface area contributed by atoms with Gasteiger partial charge >= 0.3 is 0 Å². The van der Waals surface area contributed by atoms with Crippen LogP contribution in [0.3, 0.4) is 0 Å². The zero-order valence-corrected chi connectivity index (χ0v) is 19.0. The van der Waals surface area contributed by atoms with Crippen molar-refractivity contribution >= 4 is 33.9 Å². The number of benzene rings is 2. The third-order valence-corrected chi connectivity index (χ3v) is 5.65. The molecule has 1 aromatic heterocycles. The van der Waals surface area contributed by atoms with Crippen LogP contribution in [0.25, 0.3) is 10.9 Å². The van der Waals surface area contributed by atoms with Crippen molar-refractivity contribution in [1.29, 1.82) is 0 Å². The number of fused-ring (bicyclic) bond motifs is 1. The maximum atomic E-state index is 12.5. The SMILES string of the molecule is CCc1cc(C(=O)NCC(=S)Cc2ccc(OC)c3c2ccn3C(C)C)c(O)cc1O. The lowest BCUT2D eigenvalue weighted by Crippen LogP contribution is -2.29. The van der Waals surface area contributed by atoms with Gasteiger partial charge in [0.05, 0.1) is 18.2 Å². The standard InChI is InChI=1S/C24H28N2O4S/c1-5-15-11-19(21(28)12-20(15)27)24(29)25-13-17(31)10-16-6-7-22(30-4)23-18(16)8-9-26(23)14(2)3/h6-9,11-12,14,27-28H,5,10,13H2,1-4H3,(H,25,29). The van der Waals surface area contributed by atoms with Crippen molar-refractivity contribution in [2.75, 3.05) is 13.7 Å². The second-order valence-electron chi connectivity index (χ2n) is 7.76. The number of aromatic nitrogens is 1. The van der Waals surface area contributed by atoms with Gasteiger partial charge < -0.3 is 24.8 Å². The number of hydrogen-bond acceptors (Lipinski definition) is 5. The predicted octanol–water partition coefficient (Wildman–Crippen LogP) is 4.55. The number of methoxy groups -OCH3 is 1. The molecular weight excluding hydrogens is 412 g/mol. The first-order valence-electron chi connectivity index (χ1n) is 10.3. The van der Waals surface area contributed by atoms with Crippen molar-refractivity contribution in [2.24, 2.45) is 0 Å². The van der Waals surface area contributed by atoms with Crippen LogP contribution in [0, 0.1) is 0 Å². The second-order valence-corrected chi connectivity index (χ2v) is 8.33. The Kier molecular flexibility index (Phi) is 6.85. The number of rotatable bonds is 8. The molecule has 0 aliphatic carbocycles. The Bertz CT molecular complexity index is 1130. The minimum Gasteiger partial charge on any atom is -0.508 e. The Morgan fingerprint density at radius 1 is 1.16 bits per heavy atom. The monoisotopic (exact) mass is 440 g/mol. The van der Waals surface area contributed by atoms with Gasteiger partial charge in [0, 0.05) is 41.5 Å². The van der Waals surface area contributed by atoms with Crippen LogP contribution in [0.15, 0.2) is 36.5 Å². The van der Waals surface area contributed by atoms with E-state index in [0.29, 0.717) is 29.3 Å². The van der Waals surface area contributed by atoms with E-state index < -0.39 is 5.91 Å². The summed E-state index contributed by atoms with van der Waals surface area (Å²) in [6.07, 6.45) is 3.12. The Hall–Kier alpha value is -3.06. The number of thiocarbonyl (C=S) groups is 1. The fraction of sp³-hybridized carbons (Fsp3) is 0.333. The smallest absolute Gasteiger partial charge is 0.255 e. The molecule has 0 spiro atoms. The molecule has 3 rings (SSSR count). The minimum absolute atomic E-state index is 0.0241. The van der Waals surface area contributed by atoms with Crippen LogP contribution in [-0.4, -0.2) is 39.2 Å². The Morgan fingerprint density at radius 2 is 1.90 bits per heavy atom. The molecule has 1 heterocycles. The lowest BCUT2D eigenvalue weighted by atomic mass is 10.0. The van der Waals surface area contributed by atoms with Crippen molar-refractivity contribution in [3.63, 3.8) is 0 Å². The van der Waals surface area contributed by atoms with E-state index in [2.05, 4.69) is 29.8 Å². The molecule has 7 heteroatoms. The molecule has 0 aliphatic heterocycles. The Morgan fingerprint density at radius 3 is 2.55 bits per heavy atom. The van der Waals surface area contributed by atoms with Gasteiger partial charge in [-0.2, -0.15) is 0 Å². The summed E-state index contributed by atoms with van der Waals surface area (Å²) >= 11 is 5.53. The molecule has 0 fully saturated rings. The average Bonchev–Trinajstić information content (AvgIpc) is 3.18. The molecule has 0 bridgehead atoms. The van der Waals surface area contributed by atoms with E-state index in [1.165, 1.54) is 12.1 Å². The lowest BCUT2D eigenvalue weighted by molar-refractivity contribution is 0.0956. The third kappa shape index (κ3) is 4.66. The number of carbonyl (C=O) groups excluding carboxylic acids is 1. The highest BCUT2D eigenvalue weighted by Gasteiger charge is 2.17. The molecule has 3 N–H and O–H groups in total. The summed E-state index contributed by atoms with van der Waals surface area (Å²) in [6, 6.07) is 9.00. The average molecular weight is 441 g/mol. The van der Waals surface area contributed by atoms with Crippen LogP contribution in [0.5, 0.6) is 17.2 Å². The third-order valence-electron chi connectivity index (χ3n) is 5.36. The normalized spacial score (nSPS) is 11.1. The summed E-state index contributed by atoms with van der Waals surface area (Å²) in [5, 5.41) is 23.7. The molecule has 0 atom stereocenters. The van der Waals surface area contributed by atoms with E-state index in [9.17, 15) is 15.0 Å². The number of aromatic hydroxyl groups is 2. The summed E-state index contributed by atoms with van der Waals surface area (Å²) in [5.74, 6) is 0.0977. The molecule has 1 amide bonds. The van der Waals surface area contributed by atoms with Crippen molar-refractivity contribution in [3.05, 3.63) is 53.2 Å². The summed E-state index contributed by atoms with van der Waals surface area (Å²) < 4.78 is 7.72. The summed E-state index contributed by atoms with van der Waals surface area (Å²) in [5.41, 5.74) is 2.82. The molecule has 0 saturated carbocycles. The van der Waals surface area contributed by atoms with E-state index >= 15 is 0 Å². The van der Waals surface area contributed by atoms with Crippen molar-refractivity contribution < 1.29 is 19.7 Å². The van der Waals surface area contributed by atoms with Crippen LogP contribution in [0.1, 0.15) is 48.3 Å². The predicted molar refractivity (Wildman–Crippen MR) is 127 cm³/mol. The topological polar surface area (TPSA) is 83.7 Å². The molecular formula is C24H28N2O4S. The van der Waals surface area contributed by atoms with Gasteiger partial charge in [0.2, 0.25) is 0 Å². The number of hydrogen-bond donors (Lipinski definition) is 3. The van der Waals surface area contributed by atoms with E-state index in [0.717, 1.165) is 22.2 Å². The number of ether oxygens (including phenoxy) is 1. The van der Waals surface area contributed by atoms with Gasteiger partial charge in [-0.15, -0.1) is 0 Å². The first kappa shape index (κ1) is 22.6. The maximum Gasteiger partial charge on any atom is 0.255 e. The Balaban J connectivity index is 1.75. The van der Waals surface area contributed by atoms with Crippen LogP contribution < -0.4 is 10.1 Å². The summed E-state index contributed by atoms with van der Waals surface area (Å²) in [4.78, 5) is 13.2. The van der Waals surface area contributed by atoms with Crippen LogP contribution in [0.4, 0.5) is 0 Å². The van der Waals surface area contributed by atoms with Gasteiger partial charge in [-0.25, -0.2) is 0 Å². The van der Waals surface area contributed by atoms with E-state index in [4.69, 9.17) is 17.0 Å². The zero-order chi connectivity index (χ0) is 22.7. The first-order valence-corrected chi connectivity index (χ1v) is 10.7. The number of aryl methyl sites for hydroxylation is 1. The quantitative estimate of drug-likeness (QED) is 0.448. The molecule has 0 aliphatic rings. The number of carbonyl (C=O) groups is 1. The van der Waals surface area contributed by atoms with E-state index in [1.807, 2.05) is 25.3 Å². The van der Waals surface area contributed by atoms with Gasteiger partial charge in [-0.05, 0) is 49.6 Å². The van der Waals surface area contributed by atoms with Crippen molar-refractivity contribution in [3.8, 4) is 17.2 Å². The highest BCUT2D eigenvalue weighted by Crippen LogP contribution is 2.32. The second kappa shape index (κ2) is 9.39. The maximum absolute atomic E-state index is 12.5. The van der Waals surface area contributed by atoms with Crippen LogP contribution in [0.2, 0.25) is 0 Å². The van der Waals surface area contributed by atoms with Crippen molar-refractivity contribution in [1.82, 2.24) is 9.88 Å². The molecule has 31 heavy (non-hydrogen) atoms. The van der Waals surface area contributed by atoms with Gasteiger partial charge in [-0.3, -0.25) is 4.79 Å². The molecule has 0 radical (unpaired) electrons. The summed E-state index contributed by atoms with van der Waals surface area (Å²) in [7, 11) is 1.66. The number of phenols is 2. The zero-order valence-electron chi connectivity index (χ0n) is 18.2. The highest BCUT2D eigenvalue weighted by atomic mass is 32.1. The summed E-state index contributed by atoms with van der Waals surface area (Å²) in [6.45, 7) is 6.31. The molecule has 0 saturated heterocycles. The van der Waals surface area contributed by atoms with Gasteiger partial charge in [0.1, 0.15) is 17.2 Å². The van der Waals surface area contributed by atoms with Gasteiger partial charge in [-0.1, -0.05) is 25.2 Å². The van der Waals surface area contributed by atoms with Gasteiger partial charge in [0.15, 0.2) is 0 Å². The first-order chi connectivity index (χ1) is 14.8. The fourth-order valence-electron chi connectivity index (χ4n) is 3.70. The molecule has 164 valence electrons. The number of phenolic OH excluding ortho intramolecular Hbond substituents is 2. The van der Waals surface area contributed by atoms with Crippen LogP contribution >= 0.6 is 12.2 Å². The highest BCUT2D eigenvalue weighted by molar-refractivity contribution is 7.80. The van der Waals surface area contributed by atoms with Gasteiger partial charge in [0.25, 0.3) is 5.91 Å². The number of nitrogens with one attached hydrogen (secondary N) is 1. The van der Waals surface area contributed by atoms with Crippen molar-refractivity contribution in [2.45, 2.75) is 39.7 Å². The number of nitrogens with zero attached hydrogens (tertiary/aromatic N) is 1. The lowest BCUT2D eigenvalue weighted by Gasteiger charge is -2.14. The molecule has 2 aromatic carbocycles. The Labute approximate surface area is 187 Å². The van der Waals surface area contributed by atoms with Crippen LogP contribution in [-0.2, 0) is 12.8 Å². The fourth-order valence-corrected chi connectivity index (χ4v) is 3.92. The minimum atomic E-state index is -0.430. The molecule has 3 aromatic rings. The van der Waals surface area contributed by atoms with E-state index in [1.54, 1.807) is 7.11 Å².